The van der Waals surface area contributed by atoms with Gasteiger partial charge >= 0.3 is 12.3 Å². The molecule has 1 aliphatic rings. The second-order valence-electron chi connectivity index (χ2n) is 5.75. The number of halogens is 2. The molecular weight excluding hydrogens is 392 g/mol. The lowest BCUT2D eigenvalue weighted by molar-refractivity contribution is -0.286. The van der Waals surface area contributed by atoms with Gasteiger partial charge in [0.1, 0.15) is 0 Å². The van der Waals surface area contributed by atoms with Crippen molar-refractivity contribution >= 4 is 17.6 Å². The van der Waals surface area contributed by atoms with Crippen molar-refractivity contribution < 1.29 is 42.1 Å². The number of hydrogen-bond donors (Lipinski definition) is 1. The number of nitrogens with one attached hydrogen (secondary N) is 1. The zero-order valence-electron chi connectivity index (χ0n) is 15.5. The summed E-state index contributed by atoms with van der Waals surface area (Å²) in [7, 11) is 1.43. The molecule has 3 rings (SSSR count). The molecule has 0 unspecified atom stereocenters. The lowest BCUT2D eigenvalue weighted by Crippen LogP contribution is -2.25. The molecule has 2 aromatic carbocycles. The van der Waals surface area contributed by atoms with Crippen LogP contribution in [-0.4, -0.2) is 38.5 Å². The van der Waals surface area contributed by atoms with E-state index in [-0.39, 0.29) is 22.7 Å². The Bertz CT molecular complexity index is 933. The first-order valence-corrected chi connectivity index (χ1v) is 8.49. The maximum Gasteiger partial charge on any atom is 0.586 e. The second kappa shape index (κ2) is 8.21. The molecule has 1 heterocycles. The molecule has 0 aliphatic carbocycles. The Morgan fingerprint density at radius 1 is 1.07 bits per heavy atom. The number of carbonyl (C=O) groups is 2. The minimum Gasteiger partial charge on any atom is -0.493 e. The fraction of sp³-hybridized carbons (Fsp3) is 0.263. The Morgan fingerprint density at radius 3 is 2.55 bits per heavy atom. The van der Waals surface area contributed by atoms with Gasteiger partial charge in [-0.3, -0.25) is 4.79 Å². The van der Waals surface area contributed by atoms with E-state index >= 15 is 0 Å². The Balaban J connectivity index is 1.57. The second-order valence-corrected chi connectivity index (χ2v) is 5.75. The maximum atomic E-state index is 13.0. The van der Waals surface area contributed by atoms with Gasteiger partial charge in [0.15, 0.2) is 29.6 Å². The van der Waals surface area contributed by atoms with Crippen molar-refractivity contribution in [3.63, 3.8) is 0 Å². The van der Waals surface area contributed by atoms with Gasteiger partial charge in [0.25, 0.3) is 5.91 Å². The van der Waals surface area contributed by atoms with Crippen LogP contribution < -0.4 is 24.3 Å². The zero-order valence-corrected chi connectivity index (χ0v) is 15.5. The summed E-state index contributed by atoms with van der Waals surface area (Å²) in [5.74, 6) is -0.954. The molecule has 1 aliphatic heterocycles. The lowest BCUT2D eigenvalue weighted by atomic mass is 10.2. The van der Waals surface area contributed by atoms with E-state index in [2.05, 4.69) is 14.8 Å². The standard InChI is InChI=1S/C19H17F2NO7/c1-3-26-13-6-4-11(8-15(13)25-2)18(24)27-10-17(23)22-12-5-7-14-16(9-12)29-19(20,21)28-14/h4-9H,3,10H2,1-2H3,(H,22,23). The smallest absolute Gasteiger partial charge is 0.493 e. The van der Waals surface area contributed by atoms with Crippen LogP contribution in [0.3, 0.4) is 0 Å². The van der Waals surface area contributed by atoms with Gasteiger partial charge in [-0.05, 0) is 37.3 Å². The first-order valence-electron chi connectivity index (χ1n) is 8.49. The monoisotopic (exact) mass is 409 g/mol. The molecule has 0 spiro atoms. The van der Waals surface area contributed by atoms with Crippen LogP contribution in [0.15, 0.2) is 36.4 Å². The first kappa shape index (κ1) is 20.2. The van der Waals surface area contributed by atoms with E-state index in [0.717, 1.165) is 0 Å². The molecule has 0 atom stereocenters. The Morgan fingerprint density at radius 2 is 1.83 bits per heavy atom. The summed E-state index contributed by atoms with van der Waals surface area (Å²) in [6.45, 7) is 1.66. The van der Waals surface area contributed by atoms with E-state index in [9.17, 15) is 18.4 Å². The molecular formula is C19H17F2NO7. The molecule has 0 saturated carbocycles. The average Bonchev–Trinajstić information content (AvgIpc) is 2.99. The molecule has 10 heteroatoms. The highest BCUT2D eigenvalue weighted by Crippen LogP contribution is 2.42. The number of anilines is 1. The first-order chi connectivity index (χ1) is 13.8. The third-order valence-electron chi connectivity index (χ3n) is 3.72. The highest BCUT2D eigenvalue weighted by atomic mass is 19.3. The van der Waals surface area contributed by atoms with Gasteiger partial charge in [0.2, 0.25) is 0 Å². The highest BCUT2D eigenvalue weighted by molar-refractivity contribution is 5.96. The summed E-state index contributed by atoms with van der Waals surface area (Å²) in [6, 6.07) is 8.22. The van der Waals surface area contributed by atoms with E-state index in [0.29, 0.717) is 18.1 Å². The molecule has 0 radical (unpaired) electrons. The van der Waals surface area contributed by atoms with Crippen LogP contribution in [-0.2, 0) is 9.53 Å². The molecule has 0 saturated heterocycles. The van der Waals surface area contributed by atoms with Crippen molar-refractivity contribution in [2.24, 2.45) is 0 Å². The van der Waals surface area contributed by atoms with Crippen molar-refractivity contribution in [3.8, 4) is 23.0 Å². The van der Waals surface area contributed by atoms with Gasteiger partial charge < -0.3 is 29.0 Å². The fourth-order valence-corrected chi connectivity index (χ4v) is 2.51. The van der Waals surface area contributed by atoms with Gasteiger partial charge in [-0.2, -0.15) is 0 Å². The van der Waals surface area contributed by atoms with E-state index < -0.39 is 24.8 Å². The lowest BCUT2D eigenvalue weighted by Gasteiger charge is -2.11. The summed E-state index contributed by atoms with van der Waals surface area (Å²) in [5.41, 5.74) is 0.345. The quantitative estimate of drug-likeness (QED) is 0.702. The van der Waals surface area contributed by atoms with Gasteiger partial charge in [0.05, 0.1) is 19.3 Å². The third kappa shape index (κ3) is 4.84. The molecule has 154 valence electrons. The number of carbonyl (C=O) groups excluding carboxylic acids is 2. The zero-order chi connectivity index (χ0) is 21.0. The molecule has 1 amide bonds. The average molecular weight is 409 g/mol. The number of fused-ring (bicyclic) bond motifs is 1. The summed E-state index contributed by atoms with van der Waals surface area (Å²) >= 11 is 0. The van der Waals surface area contributed by atoms with Gasteiger partial charge in [-0.1, -0.05) is 0 Å². The summed E-state index contributed by atoms with van der Waals surface area (Å²) in [6.07, 6.45) is -3.75. The van der Waals surface area contributed by atoms with E-state index in [1.54, 1.807) is 6.07 Å². The van der Waals surface area contributed by atoms with Crippen molar-refractivity contribution in [1.29, 1.82) is 0 Å². The number of methoxy groups -OCH3 is 1. The SMILES string of the molecule is CCOc1ccc(C(=O)OCC(=O)Nc2ccc3c(c2)OC(F)(F)O3)cc1OC. The van der Waals surface area contributed by atoms with E-state index in [4.69, 9.17) is 14.2 Å². The minimum absolute atomic E-state index is 0.149. The third-order valence-corrected chi connectivity index (χ3v) is 3.72. The van der Waals surface area contributed by atoms with Crippen LogP contribution in [0.4, 0.5) is 14.5 Å². The largest absolute Gasteiger partial charge is 0.586 e. The van der Waals surface area contributed by atoms with Crippen molar-refractivity contribution in [3.05, 3.63) is 42.0 Å². The van der Waals surface area contributed by atoms with Crippen molar-refractivity contribution in [2.75, 3.05) is 25.6 Å². The number of benzene rings is 2. The number of hydrogen-bond acceptors (Lipinski definition) is 7. The molecule has 1 N–H and O–H groups in total. The summed E-state index contributed by atoms with van der Waals surface area (Å²) in [5, 5.41) is 2.41. The highest BCUT2D eigenvalue weighted by Gasteiger charge is 2.43. The van der Waals surface area contributed by atoms with Crippen molar-refractivity contribution in [2.45, 2.75) is 13.2 Å². The molecule has 8 nitrogen and oxygen atoms in total. The molecule has 29 heavy (non-hydrogen) atoms. The number of ether oxygens (including phenoxy) is 5. The fourth-order valence-electron chi connectivity index (χ4n) is 2.51. The predicted molar refractivity (Wildman–Crippen MR) is 95.7 cm³/mol. The Kier molecular flexibility index (Phi) is 5.71. The molecule has 0 bridgehead atoms. The van der Waals surface area contributed by atoms with Gasteiger partial charge in [-0.15, -0.1) is 8.78 Å². The van der Waals surface area contributed by atoms with E-state index in [1.807, 2.05) is 6.92 Å². The van der Waals surface area contributed by atoms with Crippen LogP contribution in [0.2, 0.25) is 0 Å². The molecule has 2 aromatic rings. The Labute approximate surface area is 164 Å². The van der Waals surface area contributed by atoms with Crippen LogP contribution in [0.1, 0.15) is 17.3 Å². The number of esters is 1. The van der Waals surface area contributed by atoms with Gasteiger partial charge in [-0.25, -0.2) is 4.79 Å². The Hall–Kier alpha value is -3.56. The van der Waals surface area contributed by atoms with E-state index in [1.165, 1.54) is 37.4 Å². The summed E-state index contributed by atoms with van der Waals surface area (Å²) < 4.78 is 50.1. The molecule has 0 fully saturated rings. The number of alkyl halides is 2. The number of rotatable bonds is 7. The van der Waals surface area contributed by atoms with Crippen molar-refractivity contribution in [1.82, 2.24) is 0 Å². The predicted octanol–water partition coefficient (Wildman–Crippen LogP) is 3.21. The van der Waals surface area contributed by atoms with Crippen LogP contribution in [0.5, 0.6) is 23.0 Å². The minimum atomic E-state index is -3.75. The molecule has 0 aromatic heterocycles. The summed E-state index contributed by atoms with van der Waals surface area (Å²) in [4.78, 5) is 24.1. The van der Waals surface area contributed by atoms with Crippen LogP contribution in [0, 0.1) is 0 Å². The maximum absolute atomic E-state index is 13.0. The normalized spacial score (nSPS) is 13.5. The van der Waals surface area contributed by atoms with Crippen LogP contribution >= 0.6 is 0 Å². The van der Waals surface area contributed by atoms with Gasteiger partial charge in [0, 0.05) is 11.8 Å². The topological polar surface area (TPSA) is 92.3 Å². The van der Waals surface area contributed by atoms with Crippen LogP contribution in [0.25, 0.3) is 0 Å². The number of amides is 1.